The quantitative estimate of drug-likeness (QED) is 0.461. The van der Waals surface area contributed by atoms with E-state index in [1.165, 1.54) is 56.7 Å². The molecule has 0 atom stereocenters. The van der Waals surface area contributed by atoms with Gasteiger partial charge in [0.15, 0.2) is 0 Å². The van der Waals surface area contributed by atoms with Crippen molar-refractivity contribution in [2.45, 2.75) is 50.6 Å². The van der Waals surface area contributed by atoms with Gasteiger partial charge in [-0.15, -0.1) is 0 Å². The fourth-order valence-electron chi connectivity index (χ4n) is 4.16. The first-order valence-corrected chi connectivity index (χ1v) is 12.6. The zero-order valence-electron chi connectivity index (χ0n) is 13.4. The lowest BCUT2D eigenvalue weighted by Gasteiger charge is -2.36. The molecule has 0 radical (unpaired) electrons. The van der Waals surface area contributed by atoms with Crippen LogP contribution in [0.1, 0.15) is 38.5 Å². The number of halogens is 3. The second kappa shape index (κ2) is 8.22. The van der Waals surface area contributed by atoms with Crippen LogP contribution in [0, 0.1) is 23.6 Å². The van der Waals surface area contributed by atoms with Crippen LogP contribution in [0.2, 0.25) is 17.1 Å². The summed E-state index contributed by atoms with van der Waals surface area (Å²) in [6, 6.07) is 7.34. The zero-order chi connectivity index (χ0) is 16.2. The number of rotatable bonds is 4. The van der Waals surface area contributed by atoms with Gasteiger partial charge >= 0.3 is 0 Å². The van der Waals surface area contributed by atoms with Gasteiger partial charge in [0.25, 0.3) is 0 Å². The van der Waals surface area contributed by atoms with Gasteiger partial charge in [-0.2, -0.15) is 11.1 Å². The summed E-state index contributed by atoms with van der Waals surface area (Å²) in [5.41, 5.74) is 0. The number of hydrogen-bond acceptors (Lipinski definition) is 1. The van der Waals surface area contributed by atoms with E-state index in [9.17, 15) is 4.39 Å². The second-order valence-corrected chi connectivity index (χ2v) is 11.8. The fraction of sp³-hybridized carbons (Fsp3) is 0.667. The molecule has 2 aliphatic rings. The summed E-state index contributed by atoms with van der Waals surface area (Å²) in [5.74, 6) is 2.59. The maximum atomic E-state index is 13.4. The monoisotopic (exact) mass is 374 g/mol. The number of ether oxygens (including phenoxy) is 1. The molecule has 0 aromatic heterocycles. The molecule has 0 unspecified atom stereocenters. The SMILES string of the molecule is Fc1cc(OC[C@H]2CC[C@H](C3CC[SiH](Cl)CC3)CC2)ccc1Cl. The minimum atomic E-state index is -0.842. The Kier molecular flexibility index (Phi) is 6.28. The predicted molar refractivity (Wildman–Crippen MR) is 97.7 cm³/mol. The first kappa shape index (κ1) is 17.6. The average molecular weight is 375 g/mol. The molecule has 1 aliphatic heterocycles. The molecular formula is C18H25Cl2FOSi. The van der Waals surface area contributed by atoms with Crippen molar-refractivity contribution in [3.8, 4) is 5.75 Å². The van der Waals surface area contributed by atoms with Crippen molar-refractivity contribution in [3.05, 3.63) is 29.0 Å². The Hall–Kier alpha value is -0.253. The molecule has 1 aromatic rings. The molecule has 2 fully saturated rings. The van der Waals surface area contributed by atoms with Gasteiger partial charge in [0.05, 0.1) is 11.6 Å². The predicted octanol–water partition coefficient (Wildman–Crippen LogP) is 6.04. The molecule has 5 heteroatoms. The van der Waals surface area contributed by atoms with Crippen molar-refractivity contribution in [2.75, 3.05) is 6.61 Å². The van der Waals surface area contributed by atoms with E-state index in [0.29, 0.717) is 18.3 Å². The molecule has 0 spiro atoms. The van der Waals surface area contributed by atoms with Crippen LogP contribution in [-0.2, 0) is 0 Å². The molecule has 1 saturated heterocycles. The summed E-state index contributed by atoms with van der Waals surface area (Å²) in [6.07, 6.45) is 7.86. The Labute approximate surface area is 149 Å². The third-order valence-corrected chi connectivity index (χ3v) is 9.17. The molecule has 1 aliphatic carbocycles. The van der Waals surface area contributed by atoms with Crippen molar-refractivity contribution in [2.24, 2.45) is 17.8 Å². The van der Waals surface area contributed by atoms with Gasteiger partial charge in [-0.1, -0.05) is 24.4 Å². The molecule has 1 heterocycles. The molecule has 23 heavy (non-hydrogen) atoms. The minimum Gasteiger partial charge on any atom is -0.493 e. The Morgan fingerprint density at radius 1 is 1.04 bits per heavy atom. The lowest BCUT2D eigenvalue weighted by molar-refractivity contribution is 0.148. The van der Waals surface area contributed by atoms with Crippen LogP contribution < -0.4 is 4.74 Å². The Bertz CT molecular complexity index is 512. The summed E-state index contributed by atoms with van der Waals surface area (Å²) >= 11 is 12.0. The smallest absolute Gasteiger partial charge is 0.145 e. The van der Waals surface area contributed by atoms with Gasteiger partial charge in [-0.25, -0.2) is 4.39 Å². The van der Waals surface area contributed by atoms with E-state index in [4.69, 9.17) is 27.4 Å². The van der Waals surface area contributed by atoms with Gasteiger partial charge in [0, 0.05) is 6.07 Å². The van der Waals surface area contributed by atoms with Crippen molar-refractivity contribution >= 4 is 30.8 Å². The van der Waals surface area contributed by atoms with Crippen molar-refractivity contribution in [1.82, 2.24) is 0 Å². The summed E-state index contributed by atoms with van der Waals surface area (Å²) < 4.78 is 19.2. The normalized spacial score (nSPS) is 31.8. The molecule has 128 valence electrons. The van der Waals surface area contributed by atoms with E-state index in [2.05, 4.69) is 0 Å². The van der Waals surface area contributed by atoms with Crippen LogP contribution >= 0.6 is 22.7 Å². The van der Waals surface area contributed by atoms with Crippen LogP contribution in [0.5, 0.6) is 5.75 Å². The highest BCUT2D eigenvalue weighted by Crippen LogP contribution is 2.40. The molecule has 1 saturated carbocycles. The molecule has 1 nitrogen and oxygen atoms in total. The molecule has 0 N–H and O–H groups in total. The van der Waals surface area contributed by atoms with Crippen LogP contribution in [0.4, 0.5) is 4.39 Å². The largest absolute Gasteiger partial charge is 0.493 e. The summed E-state index contributed by atoms with van der Waals surface area (Å²) in [6.45, 7) is 0.690. The first-order chi connectivity index (χ1) is 11.1. The Balaban J connectivity index is 1.41. The fourth-order valence-corrected chi connectivity index (χ4v) is 6.90. The molecular weight excluding hydrogens is 350 g/mol. The Morgan fingerprint density at radius 3 is 2.35 bits per heavy atom. The third kappa shape index (κ3) is 4.87. The third-order valence-electron chi connectivity index (χ3n) is 5.64. The van der Waals surface area contributed by atoms with Crippen molar-refractivity contribution in [3.63, 3.8) is 0 Å². The van der Waals surface area contributed by atoms with E-state index in [-0.39, 0.29) is 5.02 Å². The van der Waals surface area contributed by atoms with Gasteiger partial charge in [-0.05, 0) is 67.7 Å². The molecule has 0 bridgehead atoms. The van der Waals surface area contributed by atoms with Gasteiger partial charge in [0.1, 0.15) is 19.7 Å². The molecule has 1 aromatic carbocycles. The average Bonchev–Trinajstić information content (AvgIpc) is 2.57. The standard InChI is InChI=1S/C18H25Cl2FOSi/c19-17-6-5-16(11-18(17)21)22-12-13-1-3-14(4-2-13)15-7-9-23(20)10-8-15/h5-6,11,13-15,23H,1-4,7-10,12H2/t13-,14-,15?,23?. The van der Waals surface area contributed by atoms with Gasteiger partial charge in [0.2, 0.25) is 0 Å². The first-order valence-electron chi connectivity index (χ1n) is 8.83. The molecule has 3 rings (SSSR count). The second-order valence-electron chi connectivity index (χ2n) is 7.18. The van der Waals surface area contributed by atoms with Gasteiger partial charge < -0.3 is 4.74 Å². The van der Waals surface area contributed by atoms with E-state index in [0.717, 1.165) is 11.8 Å². The lowest BCUT2D eigenvalue weighted by Crippen LogP contribution is -2.28. The van der Waals surface area contributed by atoms with Crippen LogP contribution in [-0.4, -0.2) is 14.7 Å². The zero-order valence-corrected chi connectivity index (χ0v) is 16.1. The highest BCUT2D eigenvalue weighted by molar-refractivity contribution is 7.07. The number of hydrogen-bond donors (Lipinski definition) is 0. The highest BCUT2D eigenvalue weighted by atomic mass is 35.6. The summed E-state index contributed by atoms with van der Waals surface area (Å²) in [7, 11) is -0.842. The van der Waals surface area contributed by atoms with Crippen LogP contribution in [0.15, 0.2) is 18.2 Å². The van der Waals surface area contributed by atoms with Crippen molar-refractivity contribution < 1.29 is 9.13 Å². The van der Waals surface area contributed by atoms with Crippen LogP contribution in [0.25, 0.3) is 0 Å². The maximum absolute atomic E-state index is 13.4. The topological polar surface area (TPSA) is 9.23 Å². The molecule has 0 amide bonds. The summed E-state index contributed by atoms with van der Waals surface area (Å²) in [5, 5.41) is 0.146. The van der Waals surface area contributed by atoms with E-state index in [1.54, 1.807) is 12.1 Å². The number of benzene rings is 1. The van der Waals surface area contributed by atoms with Crippen molar-refractivity contribution in [1.29, 1.82) is 0 Å². The van der Waals surface area contributed by atoms with E-state index < -0.39 is 13.9 Å². The highest BCUT2D eigenvalue weighted by Gasteiger charge is 2.30. The van der Waals surface area contributed by atoms with Crippen LogP contribution in [0.3, 0.4) is 0 Å². The minimum absolute atomic E-state index is 0.146. The van der Waals surface area contributed by atoms with E-state index in [1.807, 2.05) is 0 Å². The maximum Gasteiger partial charge on any atom is 0.145 e. The Morgan fingerprint density at radius 2 is 1.70 bits per heavy atom. The summed E-state index contributed by atoms with van der Waals surface area (Å²) in [4.78, 5) is 0. The van der Waals surface area contributed by atoms with Gasteiger partial charge in [-0.3, -0.25) is 0 Å². The van der Waals surface area contributed by atoms with E-state index >= 15 is 0 Å². The lowest BCUT2D eigenvalue weighted by atomic mass is 9.74.